The molecule has 1 N–H and O–H groups in total. The molecule has 0 atom stereocenters. The van der Waals surface area contributed by atoms with Gasteiger partial charge in [-0.05, 0) is 25.0 Å². The Hall–Kier alpha value is -2.67. The zero-order chi connectivity index (χ0) is 16.1. The highest BCUT2D eigenvalue weighted by atomic mass is 35.5. The Labute approximate surface area is 142 Å². The lowest BCUT2D eigenvalue weighted by atomic mass is 10.4. The predicted molar refractivity (Wildman–Crippen MR) is 90.3 cm³/mol. The minimum Gasteiger partial charge on any atom is -0.361 e. The quantitative estimate of drug-likeness (QED) is 0.619. The number of rotatable bonds is 4. The van der Waals surface area contributed by atoms with Crippen molar-refractivity contribution in [2.45, 2.75) is 25.3 Å². The molecule has 24 heavy (non-hydrogen) atoms. The summed E-state index contributed by atoms with van der Waals surface area (Å²) >= 11 is 6.01. The first-order valence-corrected chi connectivity index (χ1v) is 8.22. The van der Waals surface area contributed by atoms with Crippen molar-refractivity contribution < 1.29 is 0 Å². The van der Waals surface area contributed by atoms with E-state index in [0.29, 0.717) is 23.3 Å². The standard InChI is InChI=1S/C16H14ClN7/c17-11-3-4-13-20-12(9-23(13)8-11)7-19-14-16-22-21-15(10-1-2-10)24(16)6-5-18-14/h3-6,8-10H,1-2,7H2,(H,18,19). The summed E-state index contributed by atoms with van der Waals surface area (Å²) in [6.07, 6.45) is 9.86. The molecule has 0 bridgehead atoms. The summed E-state index contributed by atoms with van der Waals surface area (Å²) < 4.78 is 3.94. The highest BCUT2D eigenvalue weighted by Crippen LogP contribution is 2.39. The molecule has 1 aliphatic rings. The highest BCUT2D eigenvalue weighted by molar-refractivity contribution is 6.30. The van der Waals surface area contributed by atoms with E-state index in [1.807, 2.05) is 39.5 Å². The molecule has 0 saturated heterocycles. The Bertz CT molecular complexity index is 1050. The van der Waals surface area contributed by atoms with Gasteiger partial charge in [0.25, 0.3) is 0 Å². The largest absolute Gasteiger partial charge is 0.361 e. The number of pyridine rings is 1. The average molecular weight is 340 g/mol. The maximum Gasteiger partial charge on any atom is 0.203 e. The molecule has 7 nitrogen and oxygen atoms in total. The third-order valence-electron chi connectivity index (χ3n) is 4.20. The molecule has 8 heteroatoms. The maximum atomic E-state index is 6.01. The number of nitrogens with zero attached hydrogens (tertiary/aromatic N) is 6. The van der Waals surface area contributed by atoms with Crippen LogP contribution in [0, 0.1) is 0 Å². The van der Waals surface area contributed by atoms with Crippen LogP contribution in [0.15, 0.2) is 36.9 Å². The van der Waals surface area contributed by atoms with Gasteiger partial charge in [-0.3, -0.25) is 4.40 Å². The molecule has 0 unspecified atom stereocenters. The molecule has 0 radical (unpaired) electrons. The first kappa shape index (κ1) is 13.7. The first-order valence-electron chi connectivity index (χ1n) is 7.84. The number of hydrogen-bond acceptors (Lipinski definition) is 5. The number of imidazole rings is 1. The molecule has 1 fully saturated rings. The Balaban J connectivity index is 1.43. The lowest BCUT2D eigenvalue weighted by molar-refractivity contribution is 0.894. The van der Waals surface area contributed by atoms with E-state index >= 15 is 0 Å². The number of anilines is 1. The second-order valence-electron chi connectivity index (χ2n) is 6.00. The molecular weight excluding hydrogens is 326 g/mol. The summed E-state index contributed by atoms with van der Waals surface area (Å²) in [5.41, 5.74) is 2.52. The van der Waals surface area contributed by atoms with Crippen LogP contribution in [0.25, 0.3) is 11.3 Å². The second-order valence-corrected chi connectivity index (χ2v) is 6.44. The van der Waals surface area contributed by atoms with Crippen LogP contribution in [-0.2, 0) is 6.54 Å². The molecule has 5 rings (SSSR count). The second kappa shape index (κ2) is 5.17. The maximum absolute atomic E-state index is 6.01. The van der Waals surface area contributed by atoms with E-state index in [0.717, 1.165) is 22.8 Å². The average Bonchev–Trinajstić information content (AvgIpc) is 3.20. The van der Waals surface area contributed by atoms with Gasteiger partial charge in [0.15, 0.2) is 5.82 Å². The van der Waals surface area contributed by atoms with Crippen molar-refractivity contribution in [2.24, 2.45) is 0 Å². The summed E-state index contributed by atoms with van der Waals surface area (Å²) in [5.74, 6) is 2.28. The van der Waals surface area contributed by atoms with Gasteiger partial charge in [0.1, 0.15) is 11.5 Å². The number of fused-ring (bicyclic) bond motifs is 2. The van der Waals surface area contributed by atoms with Crippen LogP contribution >= 0.6 is 11.6 Å². The van der Waals surface area contributed by atoms with E-state index in [9.17, 15) is 0 Å². The van der Waals surface area contributed by atoms with Crippen molar-refractivity contribution in [2.75, 3.05) is 5.32 Å². The van der Waals surface area contributed by atoms with E-state index in [2.05, 4.69) is 25.5 Å². The fourth-order valence-corrected chi connectivity index (χ4v) is 3.03. The topological polar surface area (TPSA) is 72.4 Å². The summed E-state index contributed by atoms with van der Waals surface area (Å²) in [5, 5.41) is 12.6. The van der Waals surface area contributed by atoms with E-state index in [1.54, 1.807) is 6.20 Å². The fourth-order valence-electron chi connectivity index (χ4n) is 2.87. The van der Waals surface area contributed by atoms with Crippen LogP contribution in [0.5, 0.6) is 0 Å². The summed E-state index contributed by atoms with van der Waals surface area (Å²) in [4.78, 5) is 8.96. The smallest absolute Gasteiger partial charge is 0.203 e. The molecule has 4 aromatic rings. The van der Waals surface area contributed by atoms with Gasteiger partial charge in [-0.25, -0.2) is 9.97 Å². The van der Waals surface area contributed by atoms with Gasteiger partial charge in [0.2, 0.25) is 5.65 Å². The van der Waals surface area contributed by atoms with E-state index in [4.69, 9.17) is 11.6 Å². The van der Waals surface area contributed by atoms with Crippen molar-refractivity contribution >= 4 is 28.7 Å². The SMILES string of the molecule is Clc1ccc2nc(CNc3nccn4c(C5CC5)nnc34)cn2c1. The van der Waals surface area contributed by atoms with Crippen LogP contribution in [0.3, 0.4) is 0 Å². The molecule has 0 aromatic carbocycles. The van der Waals surface area contributed by atoms with Crippen molar-refractivity contribution in [3.05, 3.63) is 53.5 Å². The minimum absolute atomic E-state index is 0.540. The number of hydrogen-bond donors (Lipinski definition) is 1. The van der Waals surface area contributed by atoms with Gasteiger partial charge in [0.05, 0.1) is 17.3 Å². The normalized spacial score (nSPS) is 14.5. The van der Waals surface area contributed by atoms with Gasteiger partial charge >= 0.3 is 0 Å². The molecule has 1 aliphatic carbocycles. The first-order chi connectivity index (χ1) is 11.8. The predicted octanol–water partition coefficient (Wildman–Crippen LogP) is 2.91. The zero-order valence-corrected chi connectivity index (χ0v) is 13.5. The molecule has 4 heterocycles. The van der Waals surface area contributed by atoms with Gasteiger partial charge in [0, 0.05) is 30.7 Å². The van der Waals surface area contributed by atoms with E-state index < -0.39 is 0 Å². The lowest BCUT2D eigenvalue weighted by Crippen LogP contribution is -2.04. The van der Waals surface area contributed by atoms with Crippen molar-refractivity contribution in [3.8, 4) is 0 Å². The Morgan fingerprint density at radius 3 is 3.00 bits per heavy atom. The van der Waals surface area contributed by atoms with Crippen LogP contribution < -0.4 is 5.32 Å². The highest BCUT2D eigenvalue weighted by Gasteiger charge is 2.29. The Kier molecular flexibility index (Phi) is 2.96. The van der Waals surface area contributed by atoms with Crippen molar-refractivity contribution in [1.29, 1.82) is 0 Å². The molecule has 1 saturated carbocycles. The van der Waals surface area contributed by atoms with E-state index in [-0.39, 0.29) is 0 Å². The molecule has 0 aliphatic heterocycles. The van der Waals surface area contributed by atoms with Gasteiger partial charge < -0.3 is 9.72 Å². The zero-order valence-electron chi connectivity index (χ0n) is 12.7. The fraction of sp³-hybridized carbons (Fsp3) is 0.250. The summed E-state index contributed by atoms with van der Waals surface area (Å²) in [6, 6.07) is 3.73. The van der Waals surface area contributed by atoms with Crippen LogP contribution in [0.4, 0.5) is 5.82 Å². The van der Waals surface area contributed by atoms with Crippen LogP contribution in [-0.4, -0.2) is 29.0 Å². The Morgan fingerprint density at radius 1 is 1.21 bits per heavy atom. The molecular formula is C16H14ClN7. The molecule has 120 valence electrons. The van der Waals surface area contributed by atoms with Gasteiger partial charge in [-0.1, -0.05) is 11.6 Å². The number of nitrogens with one attached hydrogen (secondary N) is 1. The summed E-state index contributed by atoms with van der Waals surface area (Å²) in [6.45, 7) is 0.553. The van der Waals surface area contributed by atoms with E-state index in [1.165, 1.54) is 12.8 Å². The number of aromatic nitrogens is 6. The molecule has 4 aromatic heterocycles. The molecule has 0 spiro atoms. The number of halogens is 1. The molecule has 0 amide bonds. The van der Waals surface area contributed by atoms with Crippen molar-refractivity contribution in [3.63, 3.8) is 0 Å². The van der Waals surface area contributed by atoms with Crippen LogP contribution in [0.1, 0.15) is 30.3 Å². The monoisotopic (exact) mass is 339 g/mol. The Morgan fingerprint density at radius 2 is 2.12 bits per heavy atom. The van der Waals surface area contributed by atoms with Gasteiger partial charge in [-0.2, -0.15) is 0 Å². The third kappa shape index (κ3) is 2.28. The third-order valence-corrected chi connectivity index (χ3v) is 4.42. The minimum atomic E-state index is 0.540. The van der Waals surface area contributed by atoms with Crippen LogP contribution in [0.2, 0.25) is 5.02 Å². The summed E-state index contributed by atoms with van der Waals surface area (Å²) in [7, 11) is 0. The lowest BCUT2D eigenvalue weighted by Gasteiger charge is -2.04. The van der Waals surface area contributed by atoms with Gasteiger partial charge in [-0.15, -0.1) is 10.2 Å². The van der Waals surface area contributed by atoms with Crippen molar-refractivity contribution in [1.82, 2.24) is 29.0 Å².